The van der Waals surface area contributed by atoms with E-state index in [9.17, 15) is 4.79 Å². The number of rotatable bonds is 2. The van der Waals surface area contributed by atoms with E-state index in [0.717, 1.165) is 18.4 Å². The first-order valence-corrected chi connectivity index (χ1v) is 6.35. The van der Waals surface area contributed by atoms with Crippen LogP contribution in [0.1, 0.15) is 24.8 Å². The number of Topliss-reactive ketones (excluding diaryl/α,β-unsaturated/α-hetero) is 1. The van der Waals surface area contributed by atoms with Gasteiger partial charge in [-0.1, -0.05) is 29.8 Å². The monoisotopic (exact) mass is 237 g/mol. The molecule has 0 fully saturated rings. The highest BCUT2D eigenvalue weighted by Crippen LogP contribution is 2.23. The Morgan fingerprint density at radius 1 is 1.11 bits per heavy atom. The highest BCUT2D eigenvalue weighted by Gasteiger charge is 2.11. The number of hydrogen-bond acceptors (Lipinski definition) is 2. The van der Waals surface area contributed by atoms with Crippen LogP contribution in [0.3, 0.4) is 0 Å². The van der Waals surface area contributed by atoms with Crippen LogP contribution in [-0.2, 0) is 11.2 Å². The largest absolute Gasteiger partial charge is 0.299 e. The Hall–Kier alpha value is -1.96. The number of hydrogen-bond donors (Lipinski definition) is 0. The van der Waals surface area contributed by atoms with E-state index in [1.165, 1.54) is 16.5 Å². The van der Waals surface area contributed by atoms with Gasteiger partial charge in [-0.2, -0.15) is 0 Å². The average molecular weight is 237 g/mol. The average Bonchev–Trinajstić information content (AvgIpc) is 2.42. The molecule has 0 N–H and O–H groups in total. The SMILES string of the molecule is O=C1CC=C(Cc2ccnc3ccccc23)CC1. The molecule has 1 aliphatic carbocycles. The van der Waals surface area contributed by atoms with Gasteiger partial charge in [-0.05, 0) is 30.5 Å². The number of pyridine rings is 1. The lowest BCUT2D eigenvalue weighted by Crippen LogP contribution is -2.05. The van der Waals surface area contributed by atoms with Gasteiger partial charge in [0.15, 0.2) is 0 Å². The fourth-order valence-electron chi connectivity index (χ4n) is 2.48. The minimum atomic E-state index is 0.360. The zero-order valence-corrected chi connectivity index (χ0v) is 10.2. The molecule has 1 aromatic heterocycles. The molecule has 0 amide bonds. The normalized spacial score (nSPS) is 15.8. The summed E-state index contributed by atoms with van der Waals surface area (Å²) in [6.45, 7) is 0. The van der Waals surface area contributed by atoms with Gasteiger partial charge in [0.05, 0.1) is 5.52 Å². The van der Waals surface area contributed by atoms with E-state index in [4.69, 9.17) is 0 Å². The number of fused-ring (bicyclic) bond motifs is 1. The molecule has 1 aromatic carbocycles. The number of nitrogens with zero attached hydrogens (tertiary/aromatic N) is 1. The zero-order valence-electron chi connectivity index (χ0n) is 10.2. The molecule has 18 heavy (non-hydrogen) atoms. The van der Waals surface area contributed by atoms with Crippen molar-refractivity contribution in [2.75, 3.05) is 0 Å². The number of carbonyl (C=O) groups is 1. The van der Waals surface area contributed by atoms with E-state index in [1.54, 1.807) is 0 Å². The Morgan fingerprint density at radius 2 is 2.00 bits per heavy atom. The van der Waals surface area contributed by atoms with Gasteiger partial charge in [0.25, 0.3) is 0 Å². The Morgan fingerprint density at radius 3 is 2.83 bits per heavy atom. The summed E-state index contributed by atoms with van der Waals surface area (Å²) in [5, 5.41) is 1.22. The second-order valence-corrected chi connectivity index (χ2v) is 4.77. The topological polar surface area (TPSA) is 30.0 Å². The number of benzene rings is 1. The van der Waals surface area contributed by atoms with Gasteiger partial charge in [0.1, 0.15) is 5.78 Å². The van der Waals surface area contributed by atoms with Gasteiger partial charge in [0.2, 0.25) is 0 Å². The van der Waals surface area contributed by atoms with Crippen LogP contribution in [0.4, 0.5) is 0 Å². The molecule has 0 saturated heterocycles. The summed E-state index contributed by atoms with van der Waals surface area (Å²) in [6, 6.07) is 10.3. The molecule has 1 aliphatic rings. The third-order valence-corrected chi connectivity index (χ3v) is 3.50. The predicted molar refractivity (Wildman–Crippen MR) is 72.4 cm³/mol. The summed E-state index contributed by atoms with van der Waals surface area (Å²) in [5.41, 5.74) is 3.73. The molecule has 3 rings (SSSR count). The van der Waals surface area contributed by atoms with E-state index in [-0.39, 0.29) is 0 Å². The lowest BCUT2D eigenvalue weighted by Gasteiger charge is -2.13. The number of carbonyl (C=O) groups excluding carboxylic acids is 1. The van der Waals surface area contributed by atoms with Crippen molar-refractivity contribution < 1.29 is 4.79 Å². The summed E-state index contributed by atoms with van der Waals surface area (Å²) < 4.78 is 0. The van der Waals surface area contributed by atoms with E-state index in [2.05, 4.69) is 23.2 Å². The molecule has 1 heterocycles. The summed E-state index contributed by atoms with van der Waals surface area (Å²) in [6.07, 6.45) is 7.13. The van der Waals surface area contributed by atoms with Gasteiger partial charge in [-0.25, -0.2) is 0 Å². The molecule has 2 heteroatoms. The van der Waals surface area contributed by atoms with E-state index in [0.29, 0.717) is 18.6 Å². The van der Waals surface area contributed by atoms with E-state index < -0.39 is 0 Å². The minimum Gasteiger partial charge on any atom is -0.299 e. The quantitative estimate of drug-likeness (QED) is 0.749. The molecule has 90 valence electrons. The maximum Gasteiger partial charge on any atom is 0.136 e. The molecule has 0 unspecified atom stereocenters. The van der Waals surface area contributed by atoms with Gasteiger partial charge in [-0.3, -0.25) is 9.78 Å². The van der Waals surface area contributed by atoms with Crippen molar-refractivity contribution in [3.63, 3.8) is 0 Å². The Balaban J connectivity index is 1.93. The number of allylic oxidation sites excluding steroid dienone is 2. The molecule has 2 aromatic rings. The number of para-hydroxylation sites is 1. The maximum absolute atomic E-state index is 11.2. The molecule has 2 nitrogen and oxygen atoms in total. The number of aromatic nitrogens is 1. The van der Waals surface area contributed by atoms with Crippen LogP contribution < -0.4 is 0 Å². The lowest BCUT2D eigenvalue weighted by molar-refractivity contribution is -0.118. The molecule has 0 aliphatic heterocycles. The summed E-state index contributed by atoms with van der Waals surface area (Å²) in [5.74, 6) is 0.360. The highest BCUT2D eigenvalue weighted by atomic mass is 16.1. The first kappa shape index (κ1) is 11.1. The molecule has 0 saturated carbocycles. The van der Waals surface area contributed by atoms with Crippen molar-refractivity contribution in [2.45, 2.75) is 25.7 Å². The molecule has 0 atom stereocenters. The van der Waals surface area contributed by atoms with Crippen LogP contribution in [0.25, 0.3) is 10.9 Å². The van der Waals surface area contributed by atoms with Crippen LogP contribution in [0.15, 0.2) is 48.2 Å². The number of ketones is 1. The van der Waals surface area contributed by atoms with Crippen LogP contribution in [0, 0.1) is 0 Å². The van der Waals surface area contributed by atoms with Crippen molar-refractivity contribution in [2.24, 2.45) is 0 Å². The minimum absolute atomic E-state index is 0.360. The standard InChI is InChI=1S/C16H15NO/c18-14-7-5-12(6-8-14)11-13-9-10-17-16-4-2-1-3-15(13)16/h1-5,9-10H,6-8,11H2. The molecule has 0 radical (unpaired) electrons. The van der Waals surface area contributed by atoms with E-state index >= 15 is 0 Å². The fourth-order valence-corrected chi connectivity index (χ4v) is 2.48. The summed E-state index contributed by atoms with van der Waals surface area (Å²) >= 11 is 0. The van der Waals surface area contributed by atoms with Gasteiger partial charge in [-0.15, -0.1) is 0 Å². The van der Waals surface area contributed by atoms with Crippen molar-refractivity contribution in [3.05, 3.63) is 53.7 Å². The molecular formula is C16H15NO. The van der Waals surface area contributed by atoms with Crippen LogP contribution in [0.5, 0.6) is 0 Å². The third kappa shape index (κ3) is 2.19. The van der Waals surface area contributed by atoms with E-state index in [1.807, 2.05) is 24.4 Å². The predicted octanol–water partition coefficient (Wildman–Crippen LogP) is 3.46. The Labute approximate surface area is 106 Å². The van der Waals surface area contributed by atoms with Crippen LogP contribution >= 0.6 is 0 Å². The lowest BCUT2D eigenvalue weighted by atomic mass is 9.92. The van der Waals surface area contributed by atoms with Crippen molar-refractivity contribution >= 4 is 16.7 Å². The van der Waals surface area contributed by atoms with Crippen molar-refractivity contribution in [3.8, 4) is 0 Å². The van der Waals surface area contributed by atoms with Gasteiger partial charge < -0.3 is 0 Å². The second kappa shape index (κ2) is 4.73. The summed E-state index contributed by atoms with van der Waals surface area (Å²) in [7, 11) is 0. The van der Waals surface area contributed by atoms with Crippen LogP contribution in [0.2, 0.25) is 0 Å². The van der Waals surface area contributed by atoms with Gasteiger partial charge >= 0.3 is 0 Å². The first-order valence-electron chi connectivity index (χ1n) is 6.35. The maximum atomic E-state index is 11.2. The Bertz CT molecular complexity index is 623. The zero-order chi connectivity index (χ0) is 12.4. The van der Waals surface area contributed by atoms with Gasteiger partial charge in [0, 0.05) is 24.4 Å². The smallest absolute Gasteiger partial charge is 0.136 e. The van der Waals surface area contributed by atoms with Crippen molar-refractivity contribution in [1.29, 1.82) is 0 Å². The third-order valence-electron chi connectivity index (χ3n) is 3.50. The summed E-state index contributed by atoms with van der Waals surface area (Å²) in [4.78, 5) is 15.6. The second-order valence-electron chi connectivity index (χ2n) is 4.77. The highest BCUT2D eigenvalue weighted by molar-refractivity contribution is 5.83. The molecular weight excluding hydrogens is 222 g/mol. The fraction of sp³-hybridized carbons (Fsp3) is 0.250. The van der Waals surface area contributed by atoms with Crippen LogP contribution in [-0.4, -0.2) is 10.8 Å². The molecule has 0 bridgehead atoms. The Kier molecular flexibility index (Phi) is 2.93. The molecule has 0 spiro atoms. The first-order chi connectivity index (χ1) is 8.83. The van der Waals surface area contributed by atoms with Crippen molar-refractivity contribution in [1.82, 2.24) is 4.98 Å².